The Morgan fingerprint density at radius 3 is 2.76 bits per heavy atom. The first-order valence-corrected chi connectivity index (χ1v) is 5.33. The van der Waals surface area contributed by atoms with Crippen molar-refractivity contribution in [2.75, 3.05) is 10.7 Å². The van der Waals surface area contributed by atoms with Crippen LogP contribution < -0.4 is 16.6 Å². The van der Waals surface area contributed by atoms with E-state index < -0.39 is 0 Å². The van der Waals surface area contributed by atoms with Gasteiger partial charge in [0.25, 0.3) is 0 Å². The van der Waals surface area contributed by atoms with Gasteiger partial charge in [0.05, 0.1) is 0 Å². The summed E-state index contributed by atoms with van der Waals surface area (Å²) < 4.78 is 0. The summed E-state index contributed by atoms with van der Waals surface area (Å²) in [5, 5.41) is 3.24. The smallest absolute Gasteiger partial charge is 0.239 e. The molecule has 5 heteroatoms. The fraction of sp³-hybridized carbons (Fsp3) is 0.167. The molecule has 0 atom stereocenters. The molecule has 0 saturated heterocycles. The molecule has 2 aromatic rings. The highest BCUT2D eigenvalue weighted by atomic mass is 15.3. The minimum atomic E-state index is 0.389. The molecular weight excluding hydrogens is 214 g/mol. The first kappa shape index (κ1) is 11.3. The monoisotopic (exact) mass is 229 g/mol. The molecule has 0 bridgehead atoms. The molecule has 0 amide bonds. The van der Waals surface area contributed by atoms with E-state index in [0.717, 1.165) is 11.3 Å². The quantitative estimate of drug-likeness (QED) is 0.555. The molecule has 0 aliphatic rings. The van der Waals surface area contributed by atoms with Crippen LogP contribution in [0, 0.1) is 13.8 Å². The molecule has 0 aliphatic heterocycles. The van der Waals surface area contributed by atoms with Crippen molar-refractivity contribution in [2.45, 2.75) is 13.8 Å². The van der Waals surface area contributed by atoms with Gasteiger partial charge in [-0.2, -0.15) is 4.98 Å². The Hall–Kier alpha value is -2.14. The van der Waals surface area contributed by atoms with Crippen LogP contribution in [0.5, 0.6) is 0 Å². The van der Waals surface area contributed by atoms with Crippen molar-refractivity contribution in [3.05, 3.63) is 41.6 Å². The summed E-state index contributed by atoms with van der Waals surface area (Å²) in [5.41, 5.74) is 5.81. The zero-order valence-corrected chi connectivity index (χ0v) is 9.86. The lowest BCUT2D eigenvalue weighted by Gasteiger charge is -2.10. The third-order valence-corrected chi connectivity index (χ3v) is 2.44. The second kappa shape index (κ2) is 4.80. The molecule has 0 fully saturated rings. The maximum Gasteiger partial charge on any atom is 0.239 e. The first-order valence-electron chi connectivity index (χ1n) is 5.33. The summed E-state index contributed by atoms with van der Waals surface area (Å²) in [6, 6.07) is 8.02. The zero-order chi connectivity index (χ0) is 12.3. The van der Waals surface area contributed by atoms with E-state index in [0.29, 0.717) is 11.8 Å². The van der Waals surface area contributed by atoms with Gasteiger partial charge in [0.15, 0.2) is 0 Å². The van der Waals surface area contributed by atoms with Crippen LogP contribution in [-0.4, -0.2) is 9.97 Å². The van der Waals surface area contributed by atoms with E-state index >= 15 is 0 Å². The van der Waals surface area contributed by atoms with E-state index in [1.54, 1.807) is 12.3 Å². The predicted octanol–water partition coefficient (Wildman–Crippen LogP) is 2.12. The Kier molecular flexibility index (Phi) is 3.20. The van der Waals surface area contributed by atoms with Crippen LogP contribution in [0.4, 0.5) is 17.5 Å². The van der Waals surface area contributed by atoms with E-state index in [1.807, 2.05) is 6.92 Å². The Balaban J connectivity index is 2.27. The van der Waals surface area contributed by atoms with Gasteiger partial charge in [0, 0.05) is 11.9 Å². The number of aromatic nitrogens is 2. The van der Waals surface area contributed by atoms with Crippen LogP contribution in [0.1, 0.15) is 11.1 Å². The van der Waals surface area contributed by atoms with Crippen molar-refractivity contribution < 1.29 is 0 Å². The first-order chi connectivity index (χ1) is 8.19. The summed E-state index contributed by atoms with van der Waals surface area (Å²) in [7, 11) is 0. The van der Waals surface area contributed by atoms with Gasteiger partial charge >= 0.3 is 0 Å². The third kappa shape index (κ3) is 2.70. The maximum atomic E-state index is 5.26. The molecule has 17 heavy (non-hydrogen) atoms. The SMILES string of the molecule is Cc1ccc(C)c(Nc2ccnc(NN)n2)c1. The van der Waals surface area contributed by atoms with Crippen molar-refractivity contribution in [1.29, 1.82) is 0 Å². The number of nitrogen functional groups attached to an aromatic ring is 1. The van der Waals surface area contributed by atoms with Crippen molar-refractivity contribution in [3.8, 4) is 0 Å². The number of hydrazine groups is 1. The van der Waals surface area contributed by atoms with Crippen molar-refractivity contribution in [2.24, 2.45) is 5.84 Å². The Morgan fingerprint density at radius 2 is 2.00 bits per heavy atom. The van der Waals surface area contributed by atoms with E-state index in [4.69, 9.17) is 5.84 Å². The van der Waals surface area contributed by atoms with Crippen molar-refractivity contribution in [1.82, 2.24) is 9.97 Å². The number of nitrogens with zero attached hydrogens (tertiary/aromatic N) is 2. The topological polar surface area (TPSA) is 75.9 Å². The Bertz CT molecular complexity index is 524. The molecule has 0 spiro atoms. The second-order valence-electron chi connectivity index (χ2n) is 3.85. The van der Waals surface area contributed by atoms with E-state index in [2.05, 4.69) is 45.8 Å². The van der Waals surface area contributed by atoms with Gasteiger partial charge in [-0.25, -0.2) is 10.8 Å². The average Bonchev–Trinajstić information content (AvgIpc) is 2.34. The fourth-order valence-corrected chi connectivity index (χ4v) is 1.51. The number of rotatable bonds is 3. The van der Waals surface area contributed by atoms with Crippen LogP contribution in [0.25, 0.3) is 0 Å². The summed E-state index contributed by atoms with van der Waals surface area (Å²) in [4.78, 5) is 8.15. The van der Waals surface area contributed by atoms with Gasteiger partial charge in [-0.1, -0.05) is 12.1 Å². The lowest BCUT2D eigenvalue weighted by Crippen LogP contribution is -2.11. The lowest BCUT2D eigenvalue weighted by atomic mass is 10.1. The Labute approximate surface area is 100 Å². The highest BCUT2D eigenvalue weighted by Gasteiger charge is 2.01. The number of nitrogens with one attached hydrogen (secondary N) is 2. The van der Waals surface area contributed by atoms with Crippen LogP contribution >= 0.6 is 0 Å². The van der Waals surface area contributed by atoms with Gasteiger partial charge in [-0.3, -0.25) is 5.43 Å². The summed E-state index contributed by atoms with van der Waals surface area (Å²) >= 11 is 0. The van der Waals surface area contributed by atoms with Gasteiger partial charge < -0.3 is 5.32 Å². The van der Waals surface area contributed by atoms with Crippen LogP contribution in [0.2, 0.25) is 0 Å². The number of hydrogen-bond donors (Lipinski definition) is 3. The number of benzene rings is 1. The largest absolute Gasteiger partial charge is 0.340 e. The molecule has 0 unspecified atom stereocenters. The molecule has 1 aromatic carbocycles. The zero-order valence-electron chi connectivity index (χ0n) is 9.86. The van der Waals surface area contributed by atoms with E-state index in [9.17, 15) is 0 Å². The normalized spacial score (nSPS) is 10.1. The van der Waals surface area contributed by atoms with E-state index in [-0.39, 0.29) is 0 Å². The minimum absolute atomic E-state index is 0.389. The molecule has 0 radical (unpaired) electrons. The molecule has 5 nitrogen and oxygen atoms in total. The number of anilines is 3. The average molecular weight is 229 g/mol. The molecule has 1 heterocycles. The van der Waals surface area contributed by atoms with Gasteiger partial charge in [-0.15, -0.1) is 0 Å². The van der Waals surface area contributed by atoms with Crippen LogP contribution in [0.15, 0.2) is 30.5 Å². The van der Waals surface area contributed by atoms with Gasteiger partial charge in [0.2, 0.25) is 5.95 Å². The number of hydrogen-bond acceptors (Lipinski definition) is 5. The number of nitrogens with two attached hydrogens (primary N) is 1. The molecular formula is C12H15N5. The molecule has 88 valence electrons. The summed E-state index contributed by atoms with van der Waals surface area (Å²) in [6.07, 6.45) is 1.65. The highest BCUT2D eigenvalue weighted by molar-refractivity contribution is 5.61. The maximum absolute atomic E-state index is 5.26. The van der Waals surface area contributed by atoms with E-state index in [1.165, 1.54) is 5.56 Å². The lowest BCUT2D eigenvalue weighted by molar-refractivity contribution is 1.12. The summed E-state index contributed by atoms with van der Waals surface area (Å²) in [5.74, 6) is 6.36. The number of aryl methyl sites for hydroxylation is 2. The molecule has 2 rings (SSSR count). The van der Waals surface area contributed by atoms with Crippen molar-refractivity contribution in [3.63, 3.8) is 0 Å². The molecule has 1 aromatic heterocycles. The Morgan fingerprint density at radius 1 is 1.18 bits per heavy atom. The molecule has 0 aliphatic carbocycles. The standard InChI is InChI=1S/C12H15N5/c1-8-3-4-9(2)10(7-8)15-11-5-6-14-12(16-11)17-13/h3-7H,13H2,1-2H3,(H2,14,15,16,17). The fourth-order valence-electron chi connectivity index (χ4n) is 1.51. The minimum Gasteiger partial charge on any atom is -0.340 e. The molecule has 4 N–H and O–H groups in total. The van der Waals surface area contributed by atoms with Gasteiger partial charge in [0.1, 0.15) is 5.82 Å². The predicted molar refractivity (Wildman–Crippen MR) is 69.0 cm³/mol. The highest BCUT2D eigenvalue weighted by Crippen LogP contribution is 2.20. The summed E-state index contributed by atoms with van der Waals surface area (Å²) in [6.45, 7) is 4.10. The molecule has 0 saturated carbocycles. The van der Waals surface area contributed by atoms with Gasteiger partial charge in [-0.05, 0) is 37.1 Å². The third-order valence-electron chi connectivity index (χ3n) is 2.44. The van der Waals surface area contributed by atoms with Crippen molar-refractivity contribution >= 4 is 17.5 Å². The second-order valence-corrected chi connectivity index (χ2v) is 3.85. The van der Waals surface area contributed by atoms with Crippen LogP contribution in [-0.2, 0) is 0 Å². The van der Waals surface area contributed by atoms with Crippen LogP contribution in [0.3, 0.4) is 0 Å².